The zero-order valence-electron chi connectivity index (χ0n) is 9.69. The van der Waals surface area contributed by atoms with E-state index < -0.39 is 10.0 Å². The molecule has 1 aromatic carbocycles. The predicted molar refractivity (Wildman–Crippen MR) is 59.2 cm³/mol. The predicted octanol–water partition coefficient (Wildman–Crippen LogP) is 1.05. The molecule has 0 spiro atoms. The number of hydrogen-bond acceptors (Lipinski definition) is 5. The summed E-state index contributed by atoms with van der Waals surface area (Å²) in [6.45, 7) is 1.83. The van der Waals surface area contributed by atoms with Crippen molar-refractivity contribution < 1.29 is 18.2 Å². The quantitative estimate of drug-likeness (QED) is 0.459. The first-order valence-corrected chi connectivity index (χ1v) is 6.10. The lowest BCUT2D eigenvalue weighted by molar-refractivity contribution is -0.674. The lowest BCUT2D eigenvalue weighted by Crippen LogP contribution is -2.33. The standard InChI is InChI=1S/C9H13N3O4S/c1-8-4-6-9(7-5-8)17(14,15)11(2)12(13)10-16-3/h4-7H,1-3H3/b12-10-. The van der Waals surface area contributed by atoms with Gasteiger partial charge in [-0.3, -0.25) is 0 Å². The van der Waals surface area contributed by atoms with Gasteiger partial charge in [-0.2, -0.15) is 8.42 Å². The highest BCUT2D eigenvalue weighted by Crippen LogP contribution is 2.14. The van der Waals surface area contributed by atoms with Crippen LogP contribution in [0.25, 0.3) is 0 Å². The van der Waals surface area contributed by atoms with Crippen LogP contribution in [0.4, 0.5) is 0 Å². The van der Waals surface area contributed by atoms with Gasteiger partial charge in [0.05, 0.1) is 16.9 Å². The third kappa shape index (κ3) is 2.84. The first-order chi connectivity index (χ1) is 7.89. The number of aryl methyl sites for hydroxylation is 1. The van der Waals surface area contributed by atoms with Gasteiger partial charge in [-0.1, -0.05) is 17.7 Å². The summed E-state index contributed by atoms with van der Waals surface area (Å²) < 4.78 is 24.3. The highest BCUT2D eigenvalue weighted by Gasteiger charge is 2.27. The summed E-state index contributed by atoms with van der Waals surface area (Å²) in [6, 6.07) is 6.12. The molecule has 0 unspecified atom stereocenters. The summed E-state index contributed by atoms with van der Waals surface area (Å²) in [5.41, 5.74) is 0.923. The zero-order chi connectivity index (χ0) is 13.1. The van der Waals surface area contributed by atoms with Crippen LogP contribution in [0.1, 0.15) is 5.56 Å². The van der Waals surface area contributed by atoms with Gasteiger partial charge in [0.15, 0.2) is 0 Å². The SMILES string of the molecule is CO/N=[N+](\[O-])N(C)S(=O)(=O)c1ccc(C)cc1. The maximum Gasteiger partial charge on any atom is 0.311 e. The molecule has 1 rings (SSSR count). The van der Waals surface area contributed by atoms with E-state index in [1.54, 1.807) is 12.1 Å². The van der Waals surface area contributed by atoms with Crippen molar-refractivity contribution in [3.63, 3.8) is 0 Å². The Bertz CT molecular complexity index is 510. The summed E-state index contributed by atoms with van der Waals surface area (Å²) >= 11 is 0. The number of hydrogen-bond donors (Lipinski definition) is 0. The second-order valence-electron chi connectivity index (χ2n) is 3.27. The average Bonchev–Trinajstić information content (AvgIpc) is 2.29. The maximum atomic E-state index is 11.9. The van der Waals surface area contributed by atoms with Crippen LogP contribution in [0.2, 0.25) is 0 Å². The molecule has 0 saturated heterocycles. The van der Waals surface area contributed by atoms with Crippen LogP contribution in [0.5, 0.6) is 0 Å². The van der Waals surface area contributed by atoms with E-state index in [1.165, 1.54) is 12.1 Å². The van der Waals surface area contributed by atoms with Crippen molar-refractivity contribution in [3.05, 3.63) is 35.0 Å². The van der Waals surface area contributed by atoms with Crippen LogP contribution in [-0.4, -0.2) is 32.0 Å². The molecule has 7 nitrogen and oxygen atoms in total. The summed E-state index contributed by atoms with van der Waals surface area (Å²) in [6.07, 6.45) is 0. The lowest BCUT2D eigenvalue weighted by Gasteiger charge is -2.12. The largest absolute Gasteiger partial charge is 0.568 e. The van der Waals surface area contributed by atoms with E-state index in [0.717, 1.165) is 19.7 Å². The summed E-state index contributed by atoms with van der Waals surface area (Å²) in [7, 11) is -1.67. The van der Waals surface area contributed by atoms with Crippen molar-refractivity contribution in [1.29, 1.82) is 0 Å². The molecule has 0 saturated carbocycles. The number of sulfonamides is 1. The lowest BCUT2D eigenvalue weighted by atomic mass is 10.2. The van der Waals surface area contributed by atoms with Gasteiger partial charge in [-0.05, 0) is 23.5 Å². The topological polar surface area (TPSA) is 85.0 Å². The van der Waals surface area contributed by atoms with E-state index in [1.807, 2.05) is 6.92 Å². The van der Waals surface area contributed by atoms with Crippen molar-refractivity contribution in [2.24, 2.45) is 5.28 Å². The molecule has 94 valence electrons. The Balaban J connectivity index is 3.11. The number of rotatable bonds is 4. The minimum atomic E-state index is -3.90. The third-order valence-electron chi connectivity index (χ3n) is 2.06. The van der Waals surface area contributed by atoms with Crippen molar-refractivity contribution in [1.82, 2.24) is 4.41 Å². The normalized spacial score (nSPS) is 12.3. The Labute approximate surface area is 99.5 Å². The Kier molecular flexibility index (Phi) is 3.89. The maximum absolute atomic E-state index is 11.9. The number of nitrogens with zero attached hydrogens (tertiary/aromatic N) is 3. The van der Waals surface area contributed by atoms with Gasteiger partial charge >= 0.3 is 10.0 Å². The van der Waals surface area contributed by atoms with Crippen LogP contribution in [0, 0.1) is 12.1 Å². The molecule has 0 radical (unpaired) electrons. The Morgan fingerprint density at radius 1 is 1.35 bits per heavy atom. The summed E-state index contributed by atoms with van der Waals surface area (Å²) in [4.78, 5) is 4.08. The van der Waals surface area contributed by atoms with Crippen molar-refractivity contribution in [2.75, 3.05) is 14.2 Å². The molecule has 0 aliphatic carbocycles. The molecule has 0 fully saturated rings. The first kappa shape index (κ1) is 13.2. The van der Waals surface area contributed by atoms with Crippen molar-refractivity contribution in [3.8, 4) is 0 Å². The van der Waals surface area contributed by atoms with E-state index in [2.05, 4.69) is 10.1 Å². The van der Waals surface area contributed by atoms with E-state index >= 15 is 0 Å². The van der Waals surface area contributed by atoms with E-state index in [4.69, 9.17) is 0 Å². The fourth-order valence-corrected chi connectivity index (χ4v) is 2.07. The molecular weight excluding hydrogens is 246 g/mol. The molecule has 0 N–H and O–H groups in total. The Morgan fingerprint density at radius 3 is 2.35 bits per heavy atom. The van der Waals surface area contributed by atoms with Crippen LogP contribution in [0.15, 0.2) is 34.4 Å². The van der Waals surface area contributed by atoms with Crippen LogP contribution in [0.3, 0.4) is 0 Å². The fraction of sp³-hybridized carbons (Fsp3) is 0.333. The number of benzene rings is 1. The third-order valence-corrected chi connectivity index (χ3v) is 3.76. The molecule has 0 heterocycles. The van der Waals surface area contributed by atoms with Gasteiger partial charge in [-0.25, -0.2) is 0 Å². The minimum Gasteiger partial charge on any atom is -0.568 e. The van der Waals surface area contributed by atoms with Crippen LogP contribution >= 0.6 is 0 Å². The molecule has 0 atom stereocenters. The highest BCUT2D eigenvalue weighted by atomic mass is 32.2. The molecule has 8 heteroatoms. The monoisotopic (exact) mass is 259 g/mol. The van der Waals surface area contributed by atoms with Gasteiger partial charge in [-0.15, -0.1) is 0 Å². The smallest absolute Gasteiger partial charge is 0.311 e. The van der Waals surface area contributed by atoms with E-state index in [0.29, 0.717) is 4.41 Å². The molecule has 0 aliphatic heterocycles. The zero-order valence-corrected chi connectivity index (χ0v) is 10.5. The molecule has 1 aromatic rings. The Hall–Kier alpha value is -1.83. The van der Waals surface area contributed by atoms with E-state index in [9.17, 15) is 13.6 Å². The second-order valence-corrected chi connectivity index (χ2v) is 5.22. The molecule has 0 amide bonds. The van der Waals surface area contributed by atoms with Crippen molar-refractivity contribution in [2.45, 2.75) is 11.8 Å². The van der Waals surface area contributed by atoms with Gasteiger partial charge in [0.2, 0.25) is 5.28 Å². The first-order valence-electron chi connectivity index (χ1n) is 4.66. The molecular formula is C9H13N3O4S. The van der Waals surface area contributed by atoms with Gasteiger partial charge in [0, 0.05) is 0 Å². The average molecular weight is 259 g/mol. The summed E-state index contributed by atoms with van der Waals surface area (Å²) in [5, 5.41) is 14.2. The van der Waals surface area contributed by atoms with E-state index in [-0.39, 0.29) is 9.87 Å². The molecule has 17 heavy (non-hydrogen) atoms. The molecule has 0 aromatic heterocycles. The highest BCUT2D eigenvalue weighted by molar-refractivity contribution is 7.89. The Morgan fingerprint density at radius 2 is 1.88 bits per heavy atom. The molecule has 0 aliphatic rings. The van der Waals surface area contributed by atoms with Crippen LogP contribution < -0.4 is 0 Å². The van der Waals surface area contributed by atoms with Crippen molar-refractivity contribution >= 4 is 10.0 Å². The minimum absolute atomic E-state index is 0.0118. The van der Waals surface area contributed by atoms with Gasteiger partial charge in [0.1, 0.15) is 7.11 Å². The van der Waals surface area contributed by atoms with Gasteiger partial charge in [0.25, 0.3) is 0 Å². The number of hydrazine groups is 1. The molecule has 0 bridgehead atoms. The van der Waals surface area contributed by atoms with Gasteiger partial charge < -0.3 is 10.0 Å². The fourth-order valence-electron chi connectivity index (χ4n) is 1.08. The summed E-state index contributed by atoms with van der Waals surface area (Å²) in [5.74, 6) is 0. The second kappa shape index (κ2) is 5.00. The van der Waals surface area contributed by atoms with Crippen LogP contribution in [-0.2, 0) is 14.9 Å².